The van der Waals surface area contributed by atoms with Crippen LogP contribution in [-0.2, 0) is 0 Å². The van der Waals surface area contributed by atoms with Crippen molar-refractivity contribution in [2.75, 3.05) is 18.0 Å². The van der Waals surface area contributed by atoms with Crippen LogP contribution in [0.2, 0.25) is 0 Å². The molecule has 4 nitrogen and oxygen atoms in total. The highest BCUT2D eigenvalue weighted by Gasteiger charge is 2.24. The van der Waals surface area contributed by atoms with Gasteiger partial charge in [-0.2, -0.15) is 0 Å². The molecule has 1 aliphatic rings. The Hall–Kier alpha value is -1.16. The fourth-order valence-electron chi connectivity index (χ4n) is 2.24. The van der Waals surface area contributed by atoms with Gasteiger partial charge in [0.15, 0.2) is 0 Å². The quantitative estimate of drug-likeness (QED) is 0.804. The van der Waals surface area contributed by atoms with E-state index in [-0.39, 0.29) is 0 Å². The summed E-state index contributed by atoms with van der Waals surface area (Å²) in [5.41, 5.74) is 5.55. The maximum absolute atomic E-state index is 5.55. The number of rotatable bonds is 4. The molecule has 0 bridgehead atoms. The summed E-state index contributed by atoms with van der Waals surface area (Å²) in [6, 6.07) is 2.62. The third-order valence-corrected chi connectivity index (χ3v) is 2.98. The molecule has 0 amide bonds. The van der Waals surface area contributed by atoms with E-state index in [1.54, 1.807) is 12.5 Å². The molecule has 0 radical (unpaired) electrons. The number of nitrogens with zero attached hydrogens (tertiary/aromatic N) is 3. The van der Waals surface area contributed by atoms with E-state index in [1.165, 1.54) is 19.3 Å². The molecule has 1 aliphatic heterocycles. The highest BCUT2D eigenvalue weighted by molar-refractivity contribution is 5.39. The molecule has 15 heavy (non-hydrogen) atoms. The Morgan fingerprint density at radius 1 is 1.53 bits per heavy atom. The molecule has 0 aliphatic carbocycles. The normalized spacial score (nSPS) is 20.9. The van der Waals surface area contributed by atoms with Gasteiger partial charge in [0.1, 0.15) is 12.1 Å². The van der Waals surface area contributed by atoms with Crippen molar-refractivity contribution < 1.29 is 0 Å². The Balaban J connectivity index is 2.01. The van der Waals surface area contributed by atoms with Crippen LogP contribution in [0.4, 0.5) is 5.82 Å². The van der Waals surface area contributed by atoms with Crippen LogP contribution in [0.5, 0.6) is 0 Å². The van der Waals surface area contributed by atoms with E-state index in [2.05, 4.69) is 14.9 Å². The first kappa shape index (κ1) is 10.4. The summed E-state index contributed by atoms with van der Waals surface area (Å²) in [5, 5.41) is 0. The summed E-state index contributed by atoms with van der Waals surface area (Å²) in [6.45, 7) is 1.90. The fraction of sp³-hybridized carbons (Fsp3) is 0.636. The summed E-state index contributed by atoms with van der Waals surface area (Å²) < 4.78 is 0. The average molecular weight is 206 g/mol. The van der Waals surface area contributed by atoms with E-state index in [0.717, 1.165) is 25.3 Å². The number of aromatic nitrogens is 2. The first-order chi connectivity index (χ1) is 7.42. The highest BCUT2D eigenvalue weighted by atomic mass is 15.2. The topological polar surface area (TPSA) is 55.0 Å². The van der Waals surface area contributed by atoms with E-state index in [9.17, 15) is 0 Å². The van der Waals surface area contributed by atoms with E-state index < -0.39 is 0 Å². The van der Waals surface area contributed by atoms with Crippen molar-refractivity contribution in [3.05, 3.63) is 18.6 Å². The zero-order valence-corrected chi connectivity index (χ0v) is 8.97. The molecule has 1 saturated heterocycles. The maximum atomic E-state index is 5.55. The van der Waals surface area contributed by atoms with Gasteiger partial charge in [0.2, 0.25) is 0 Å². The molecular weight excluding hydrogens is 188 g/mol. The van der Waals surface area contributed by atoms with Crippen molar-refractivity contribution in [3.8, 4) is 0 Å². The Morgan fingerprint density at radius 2 is 2.47 bits per heavy atom. The van der Waals surface area contributed by atoms with Gasteiger partial charge < -0.3 is 10.6 Å². The monoisotopic (exact) mass is 206 g/mol. The van der Waals surface area contributed by atoms with Gasteiger partial charge in [0, 0.05) is 18.8 Å². The smallest absolute Gasteiger partial charge is 0.132 e. The van der Waals surface area contributed by atoms with Crippen LogP contribution in [0, 0.1) is 0 Å². The lowest BCUT2D eigenvalue weighted by Gasteiger charge is -2.25. The Morgan fingerprint density at radius 3 is 3.20 bits per heavy atom. The summed E-state index contributed by atoms with van der Waals surface area (Å²) >= 11 is 0. The molecule has 1 fully saturated rings. The molecule has 2 N–H and O–H groups in total. The maximum Gasteiger partial charge on any atom is 0.132 e. The average Bonchev–Trinajstić information content (AvgIpc) is 2.75. The minimum atomic E-state index is 0.628. The predicted molar refractivity (Wildman–Crippen MR) is 60.7 cm³/mol. The standard InChI is InChI=1S/C11H18N4/c12-6-1-3-10-4-2-8-15(10)11-5-7-13-9-14-11/h5,7,9-10H,1-4,6,8,12H2. The first-order valence-electron chi connectivity index (χ1n) is 5.64. The van der Waals surface area contributed by atoms with Crippen molar-refractivity contribution in [2.45, 2.75) is 31.7 Å². The molecule has 0 spiro atoms. The second-order valence-corrected chi connectivity index (χ2v) is 3.99. The molecule has 2 rings (SSSR count). The van der Waals surface area contributed by atoms with Crippen LogP contribution in [0.1, 0.15) is 25.7 Å². The molecular formula is C11H18N4. The minimum Gasteiger partial charge on any atom is -0.354 e. The van der Waals surface area contributed by atoms with Crippen LogP contribution in [0.15, 0.2) is 18.6 Å². The SMILES string of the molecule is NCCCC1CCCN1c1ccncn1. The summed E-state index contributed by atoms with van der Waals surface area (Å²) in [4.78, 5) is 10.6. The number of hydrogen-bond acceptors (Lipinski definition) is 4. The lowest BCUT2D eigenvalue weighted by molar-refractivity contribution is 0.582. The first-order valence-corrected chi connectivity index (χ1v) is 5.64. The lowest BCUT2D eigenvalue weighted by atomic mass is 10.1. The van der Waals surface area contributed by atoms with E-state index in [4.69, 9.17) is 5.73 Å². The van der Waals surface area contributed by atoms with E-state index in [1.807, 2.05) is 6.07 Å². The Labute approximate surface area is 90.5 Å². The third kappa shape index (κ3) is 2.45. The van der Waals surface area contributed by atoms with Crippen molar-refractivity contribution >= 4 is 5.82 Å². The second-order valence-electron chi connectivity index (χ2n) is 3.99. The molecule has 1 aromatic rings. The van der Waals surface area contributed by atoms with Gasteiger partial charge in [-0.3, -0.25) is 0 Å². The largest absolute Gasteiger partial charge is 0.354 e. The van der Waals surface area contributed by atoms with Crippen LogP contribution in [-0.4, -0.2) is 29.1 Å². The van der Waals surface area contributed by atoms with Gasteiger partial charge in [0.05, 0.1) is 0 Å². The molecule has 82 valence electrons. The number of nitrogens with two attached hydrogens (primary N) is 1. The van der Waals surface area contributed by atoms with Crippen molar-refractivity contribution in [3.63, 3.8) is 0 Å². The molecule has 0 saturated carbocycles. The Bertz CT molecular complexity index is 288. The van der Waals surface area contributed by atoms with Crippen molar-refractivity contribution in [1.29, 1.82) is 0 Å². The zero-order valence-electron chi connectivity index (χ0n) is 8.97. The summed E-state index contributed by atoms with van der Waals surface area (Å²) in [6.07, 6.45) is 8.24. The van der Waals surface area contributed by atoms with Gasteiger partial charge >= 0.3 is 0 Å². The van der Waals surface area contributed by atoms with Crippen LogP contribution >= 0.6 is 0 Å². The molecule has 0 aromatic carbocycles. The van der Waals surface area contributed by atoms with Crippen LogP contribution in [0.3, 0.4) is 0 Å². The van der Waals surface area contributed by atoms with E-state index in [0.29, 0.717) is 6.04 Å². The van der Waals surface area contributed by atoms with Crippen molar-refractivity contribution in [2.24, 2.45) is 5.73 Å². The Kier molecular flexibility index (Phi) is 3.50. The van der Waals surface area contributed by atoms with E-state index >= 15 is 0 Å². The molecule has 1 atom stereocenters. The van der Waals surface area contributed by atoms with Gasteiger partial charge in [-0.25, -0.2) is 9.97 Å². The van der Waals surface area contributed by atoms with Crippen molar-refractivity contribution in [1.82, 2.24) is 9.97 Å². The summed E-state index contributed by atoms with van der Waals surface area (Å²) in [7, 11) is 0. The van der Waals surface area contributed by atoms with Gasteiger partial charge in [-0.1, -0.05) is 0 Å². The summed E-state index contributed by atoms with van der Waals surface area (Å²) in [5.74, 6) is 1.06. The third-order valence-electron chi connectivity index (χ3n) is 2.98. The lowest BCUT2D eigenvalue weighted by Crippen LogP contribution is -2.30. The van der Waals surface area contributed by atoms with Gasteiger partial charge in [-0.05, 0) is 38.3 Å². The fourth-order valence-corrected chi connectivity index (χ4v) is 2.24. The van der Waals surface area contributed by atoms with Crippen LogP contribution < -0.4 is 10.6 Å². The molecule has 1 unspecified atom stereocenters. The zero-order chi connectivity index (χ0) is 10.5. The van der Waals surface area contributed by atoms with Gasteiger partial charge in [-0.15, -0.1) is 0 Å². The van der Waals surface area contributed by atoms with Gasteiger partial charge in [0.25, 0.3) is 0 Å². The predicted octanol–water partition coefficient (Wildman–Crippen LogP) is 1.18. The highest BCUT2D eigenvalue weighted by Crippen LogP contribution is 2.25. The van der Waals surface area contributed by atoms with Crippen LogP contribution in [0.25, 0.3) is 0 Å². The number of hydrogen-bond donors (Lipinski definition) is 1. The molecule has 2 heterocycles. The molecule has 1 aromatic heterocycles. The number of anilines is 1. The molecule has 4 heteroatoms. The second kappa shape index (κ2) is 5.07. The minimum absolute atomic E-state index is 0.628.